The highest BCUT2D eigenvalue weighted by molar-refractivity contribution is 5.95. The summed E-state index contributed by atoms with van der Waals surface area (Å²) in [5.74, 6) is 0.521. The van der Waals surface area contributed by atoms with Gasteiger partial charge in [0, 0.05) is 13.5 Å². The summed E-state index contributed by atoms with van der Waals surface area (Å²) in [4.78, 5) is 10.5. The zero-order chi connectivity index (χ0) is 9.40. The van der Waals surface area contributed by atoms with Crippen molar-refractivity contribution < 1.29 is 4.79 Å². The minimum atomic E-state index is -0.0893. The van der Waals surface area contributed by atoms with Crippen molar-refractivity contribution in [2.24, 2.45) is 5.10 Å². The normalized spacial score (nSPS) is 11.1. The summed E-state index contributed by atoms with van der Waals surface area (Å²) in [6.45, 7) is 6.19. The Morgan fingerprint density at radius 2 is 2.08 bits per heavy atom. The highest BCUT2D eigenvalue weighted by Gasteiger charge is 1.91. The van der Waals surface area contributed by atoms with Crippen molar-refractivity contribution in [1.29, 1.82) is 0 Å². The van der Waals surface area contributed by atoms with Gasteiger partial charge >= 0.3 is 0 Å². The molecule has 0 aromatic heterocycles. The molecule has 0 fully saturated rings. The van der Waals surface area contributed by atoms with Crippen LogP contribution in [0.15, 0.2) is 5.10 Å². The molecule has 0 aliphatic heterocycles. The fraction of sp³-hybridized carbons (Fsp3) is 0.750. The molecule has 0 rings (SSSR count). The second-order valence-corrected chi connectivity index (χ2v) is 2.64. The fourth-order valence-electron chi connectivity index (χ4n) is 0.713. The predicted molar refractivity (Wildman–Crippen MR) is 49.8 cm³/mol. The second kappa shape index (κ2) is 6.64. The minimum absolute atomic E-state index is 0.0893. The Hall–Kier alpha value is -1.06. The third-order valence-corrected chi connectivity index (χ3v) is 1.25. The molecule has 0 aromatic rings. The van der Waals surface area contributed by atoms with Gasteiger partial charge in [-0.3, -0.25) is 4.79 Å². The molecule has 0 heterocycles. The third kappa shape index (κ3) is 7.05. The van der Waals surface area contributed by atoms with Gasteiger partial charge in [0.15, 0.2) is 0 Å². The van der Waals surface area contributed by atoms with Gasteiger partial charge in [0.2, 0.25) is 5.91 Å². The van der Waals surface area contributed by atoms with Gasteiger partial charge in [0.25, 0.3) is 0 Å². The molecule has 0 aliphatic carbocycles. The van der Waals surface area contributed by atoms with E-state index in [0.717, 1.165) is 19.4 Å². The molecule has 70 valence electrons. The SMILES string of the molecule is CCCCNN=C(C)NC(C)=O. The lowest BCUT2D eigenvalue weighted by Gasteiger charge is -2.01. The topological polar surface area (TPSA) is 53.5 Å². The van der Waals surface area contributed by atoms with E-state index in [1.807, 2.05) is 0 Å². The number of nitrogens with one attached hydrogen (secondary N) is 2. The van der Waals surface area contributed by atoms with Gasteiger partial charge in [-0.25, -0.2) is 0 Å². The monoisotopic (exact) mass is 171 g/mol. The molecule has 0 bridgehead atoms. The van der Waals surface area contributed by atoms with E-state index in [1.54, 1.807) is 6.92 Å². The van der Waals surface area contributed by atoms with Crippen molar-refractivity contribution >= 4 is 11.7 Å². The number of unbranched alkanes of at least 4 members (excludes halogenated alkanes) is 1. The molecule has 12 heavy (non-hydrogen) atoms. The van der Waals surface area contributed by atoms with Crippen LogP contribution in [-0.4, -0.2) is 18.3 Å². The average Bonchev–Trinajstić information content (AvgIpc) is 1.97. The Morgan fingerprint density at radius 1 is 1.42 bits per heavy atom. The molecule has 0 aromatic carbocycles. The van der Waals surface area contributed by atoms with Crippen molar-refractivity contribution in [3.05, 3.63) is 0 Å². The first kappa shape index (κ1) is 10.9. The Kier molecular flexibility index (Phi) is 6.05. The highest BCUT2D eigenvalue weighted by Crippen LogP contribution is 1.81. The number of rotatable bonds is 4. The molecule has 1 amide bonds. The summed E-state index contributed by atoms with van der Waals surface area (Å²) in [6.07, 6.45) is 2.23. The summed E-state index contributed by atoms with van der Waals surface area (Å²) >= 11 is 0. The third-order valence-electron chi connectivity index (χ3n) is 1.25. The van der Waals surface area contributed by atoms with E-state index in [4.69, 9.17) is 0 Å². The van der Waals surface area contributed by atoms with Crippen LogP contribution in [0.1, 0.15) is 33.6 Å². The van der Waals surface area contributed by atoms with Gasteiger partial charge in [0.1, 0.15) is 5.84 Å². The minimum Gasteiger partial charge on any atom is -0.313 e. The van der Waals surface area contributed by atoms with E-state index in [2.05, 4.69) is 22.8 Å². The van der Waals surface area contributed by atoms with Crippen LogP contribution in [0.2, 0.25) is 0 Å². The quantitative estimate of drug-likeness (QED) is 0.285. The number of carbonyl (C=O) groups excluding carboxylic acids is 1. The largest absolute Gasteiger partial charge is 0.313 e. The zero-order valence-corrected chi connectivity index (χ0v) is 7.98. The molecule has 0 atom stereocenters. The van der Waals surface area contributed by atoms with Crippen LogP contribution in [0.5, 0.6) is 0 Å². The number of amidine groups is 1. The standard InChI is InChI=1S/C8H17N3O/c1-4-5-6-9-11-7(2)10-8(3)12/h9H,4-6H2,1-3H3,(H,10,11,12). The van der Waals surface area contributed by atoms with E-state index in [-0.39, 0.29) is 5.91 Å². The van der Waals surface area contributed by atoms with Gasteiger partial charge in [-0.1, -0.05) is 13.3 Å². The predicted octanol–water partition coefficient (Wildman–Crippen LogP) is 0.846. The van der Waals surface area contributed by atoms with Crippen LogP contribution >= 0.6 is 0 Å². The molecule has 0 aliphatic rings. The molecule has 0 spiro atoms. The molecule has 4 heteroatoms. The number of hydrogen-bond acceptors (Lipinski definition) is 3. The average molecular weight is 171 g/mol. The highest BCUT2D eigenvalue weighted by atomic mass is 16.1. The first-order valence-corrected chi connectivity index (χ1v) is 4.21. The Bertz CT molecular complexity index is 166. The summed E-state index contributed by atoms with van der Waals surface area (Å²) in [5.41, 5.74) is 2.86. The van der Waals surface area contributed by atoms with Gasteiger partial charge in [0.05, 0.1) is 0 Å². The lowest BCUT2D eigenvalue weighted by atomic mass is 10.3. The van der Waals surface area contributed by atoms with E-state index >= 15 is 0 Å². The Labute approximate surface area is 73.4 Å². The van der Waals surface area contributed by atoms with Gasteiger partial charge in [-0.15, -0.1) is 0 Å². The van der Waals surface area contributed by atoms with Crippen molar-refractivity contribution in [3.63, 3.8) is 0 Å². The maximum atomic E-state index is 10.5. The summed E-state index contributed by atoms with van der Waals surface area (Å²) < 4.78 is 0. The van der Waals surface area contributed by atoms with Crippen molar-refractivity contribution in [1.82, 2.24) is 10.7 Å². The van der Waals surface area contributed by atoms with Crippen molar-refractivity contribution in [2.75, 3.05) is 6.54 Å². The molecular formula is C8H17N3O. The van der Waals surface area contributed by atoms with Crippen molar-refractivity contribution in [2.45, 2.75) is 33.6 Å². The van der Waals surface area contributed by atoms with E-state index < -0.39 is 0 Å². The van der Waals surface area contributed by atoms with Crippen molar-refractivity contribution in [3.8, 4) is 0 Å². The first-order valence-electron chi connectivity index (χ1n) is 4.21. The number of amides is 1. The Balaban J connectivity index is 3.48. The van der Waals surface area contributed by atoms with Gasteiger partial charge in [-0.2, -0.15) is 5.10 Å². The summed E-state index contributed by atoms with van der Waals surface area (Å²) in [5, 5.41) is 6.50. The molecule has 0 unspecified atom stereocenters. The number of nitrogens with zero attached hydrogens (tertiary/aromatic N) is 1. The lowest BCUT2D eigenvalue weighted by molar-refractivity contribution is -0.117. The maximum absolute atomic E-state index is 10.5. The van der Waals surface area contributed by atoms with E-state index in [1.165, 1.54) is 6.92 Å². The van der Waals surface area contributed by atoms with Gasteiger partial charge < -0.3 is 10.7 Å². The second-order valence-electron chi connectivity index (χ2n) is 2.64. The summed E-state index contributed by atoms with van der Waals surface area (Å²) in [7, 11) is 0. The fourth-order valence-corrected chi connectivity index (χ4v) is 0.713. The number of hydrazone groups is 1. The summed E-state index contributed by atoms with van der Waals surface area (Å²) in [6, 6.07) is 0. The lowest BCUT2D eigenvalue weighted by Crippen LogP contribution is -2.27. The van der Waals surface area contributed by atoms with Crippen LogP contribution in [0, 0.1) is 0 Å². The van der Waals surface area contributed by atoms with E-state index in [9.17, 15) is 4.79 Å². The smallest absolute Gasteiger partial charge is 0.222 e. The molecule has 2 N–H and O–H groups in total. The van der Waals surface area contributed by atoms with Crippen LogP contribution in [0.3, 0.4) is 0 Å². The van der Waals surface area contributed by atoms with Crippen LogP contribution in [-0.2, 0) is 4.79 Å². The molecule has 0 saturated heterocycles. The molecular weight excluding hydrogens is 154 g/mol. The number of hydrogen-bond donors (Lipinski definition) is 2. The molecule has 0 saturated carbocycles. The van der Waals surface area contributed by atoms with Crippen LogP contribution in [0.25, 0.3) is 0 Å². The van der Waals surface area contributed by atoms with E-state index in [0.29, 0.717) is 5.84 Å². The van der Waals surface area contributed by atoms with Gasteiger partial charge in [-0.05, 0) is 13.3 Å². The van der Waals surface area contributed by atoms with Crippen LogP contribution in [0.4, 0.5) is 0 Å². The molecule has 0 radical (unpaired) electrons. The zero-order valence-electron chi connectivity index (χ0n) is 7.98. The maximum Gasteiger partial charge on any atom is 0.222 e. The number of carbonyl (C=O) groups is 1. The van der Waals surface area contributed by atoms with Crippen LogP contribution < -0.4 is 10.7 Å². The Morgan fingerprint density at radius 3 is 2.58 bits per heavy atom. The first-order chi connectivity index (χ1) is 5.66. The molecule has 4 nitrogen and oxygen atoms in total.